The second-order valence-electron chi connectivity index (χ2n) is 14.5. The number of ketones is 3. The quantitative estimate of drug-likeness (QED) is 0.177. The lowest BCUT2D eigenvalue weighted by Crippen LogP contribution is -2.67. The van der Waals surface area contributed by atoms with E-state index in [0.717, 1.165) is 54.0 Å². The van der Waals surface area contributed by atoms with Crippen molar-refractivity contribution < 1.29 is 34.8 Å². The third-order valence-electron chi connectivity index (χ3n) is 10.5. The van der Waals surface area contributed by atoms with Crippen molar-refractivity contribution in [2.45, 2.75) is 79.2 Å². The summed E-state index contributed by atoms with van der Waals surface area (Å²) in [6, 6.07) is 11.2. The molecule has 0 heterocycles. The lowest BCUT2D eigenvalue weighted by molar-refractivity contribution is -0.171. The van der Waals surface area contributed by atoms with Gasteiger partial charge in [0, 0.05) is 22.3 Å². The van der Waals surface area contributed by atoms with Crippen molar-refractivity contribution in [1.82, 2.24) is 0 Å². The summed E-state index contributed by atoms with van der Waals surface area (Å²) in [5.41, 5.74) is -0.370. The minimum Gasteiger partial charge on any atom is -0.511 e. The molecule has 1 unspecified atom stereocenters. The largest absolute Gasteiger partial charge is 0.511 e. The minimum absolute atomic E-state index is 0.00910. The molecule has 3 aliphatic carbocycles. The van der Waals surface area contributed by atoms with E-state index in [2.05, 4.69) is 13.2 Å². The number of rotatable bonds is 8. The van der Waals surface area contributed by atoms with E-state index in [9.17, 15) is 34.8 Å². The van der Waals surface area contributed by atoms with E-state index >= 15 is 0 Å². The van der Waals surface area contributed by atoms with Crippen LogP contribution in [0, 0.1) is 22.7 Å². The first-order chi connectivity index (χ1) is 21.4. The lowest BCUT2D eigenvalue weighted by Gasteiger charge is -2.59. The summed E-state index contributed by atoms with van der Waals surface area (Å²) in [7, 11) is 0. The molecule has 4 N–H and O–H groups in total. The summed E-state index contributed by atoms with van der Waals surface area (Å²) < 4.78 is 0. The van der Waals surface area contributed by atoms with Crippen LogP contribution in [-0.4, -0.2) is 43.4 Å². The maximum Gasteiger partial charge on any atom is 0.209 e. The van der Waals surface area contributed by atoms with E-state index in [0.29, 0.717) is 5.56 Å². The van der Waals surface area contributed by atoms with Gasteiger partial charge in [0.15, 0.2) is 17.2 Å². The van der Waals surface area contributed by atoms with Crippen molar-refractivity contribution in [3.05, 3.63) is 100 Å². The van der Waals surface area contributed by atoms with Gasteiger partial charge in [-0.15, -0.1) is 6.58 Å². The summed E-state index contributed by atoms with van der Waals surface area (Å²) >= 11 is 0. The van der Waals surface area contributed by atoms with Crippen molar-refractivity contribution in [3.8, 4) is 16.9 Å². The zero-order chi connectivity index (χ0) is 34.1. The summed E-state index contributed by atoms with van der Waals surface area (Å²) in [5, 5.41) is 46.4. The normalized spacial score (nSPS) is 27.3. The molecule has 0 radical (unpaired) electrons. The Balaban J connectivity index is 1.63. The Labute approximate surface area is 270 Å². The predicted molar refractivity (Wildman–Crippen MR) is 178 cm³/mol. The van der Waals surface area contributed by atoms with E-state index in [-0.39, 0.29) is 35.6 Å². The fraction of sp³-hybridized carbons (Fsp3) is 0.410. The van der Waals surface area contributed by atoms with Gasteiger partial charge in [0.25, 0.3) is 0 Å². The highest BCUT2D eigenvalue weighted by atomic mass is 16.3. The average molecular weight is 625 g/mol. The third-order valence-corrected chi connectivity index (χ3v) is 10.5. The lowest BCUT2D eigenvalue weighted by atomic mass is 9.44. The number of aliphatic hydroxyl groups is 3. The van der Waals surface area contributed by atoms with Gasteiger partial charge in [-0.25, -0.2) is 0 Å². The van der Waals surface area contributed by atoms with Crippen LogP contribution in [-0.2, 0) is 22.4 Å². The molecule has 0 aliphatic heterocycles. The fourth-order valence-corrected chi connectivity index (χ4v) is 8.57. The van der Waals surface area contributed by atoms with Gasteiger partial charge >= 0.3 is 0 Å². The molecule has 4 atom stereocenters. The Bertz CT molecular complexity index is 1770. The number of aromatic hydroxyl groups is 1. The molecule has 0 bridgehead atoms. The van der Waals surface area contributed by atoms with Crippen LogP contribution in [0.4, 0.5) is 0 Å². The molecule has 2 aromatic rings. The molecule has 0 saturated carbocycles. The molecule has 5 rings (SSSR count). The summed E-state index contributed by atoms with van der Waals surface area (Å²) in [5.74, 6) is -5.23. The number of phenolic OH excluding ortho intramolecular Hbond substituents is 1. The number of allylic oxidation sites excluding steroid dienone is 4. The van der Waals surface area contributed by atoms with Gasteiger partial charge in [-0.3, -0.25) is 14.4 Å². The number of fused-ring (bicyclic) bond motifs is 3. The SMILES string of the molecule is C=C(C)CCC(=C)Cc1ccc(-c2ccc(O)c3c2C[C@]2(C)C[C@]4(C)C(C(C)C)C(O)=C(C(C)=O)C(=O)[C@]4(O)C(O)=C2C3=O)cc1. The van der Waals surface area contributed by atoms with Gasteiger partial charge in [0.1, 0.15) is 22.8 Å². The zero-order valence-corrected chi connectivity index (χ0v) is 27.6. The van der Waals surface area contributed by atoms with Crippen LogP contribution in [0.3, 0.4) is 0 Å². The molecule has 242 valence electrons. The number of hydrogen-bond acceptors (Lipinski definition) is 7. The van der Waals surface area contributed by atoms with Gasteiger partial charge < -0.3 is 20.4 Å². The number of phenols is 1. The molecule has 0 fully saturated rings. The standard InChI is InChI=1S/C39H44O7/c1-20(2)9-10-22(5)17-24-11-13-25(14-12-24)26-15-16-28(41)30-27(26)18-37(7)19-38(8)31(21(3)4)33(42)29(23(6)40)35(44)39(38,46)36(45)32(37)34(30)43/h11-16,21,31,41-42,45-46H,1,5,9-10,17-19H2,2-4,6-8H3/t31?,37-,38-,39+/m1/s1. The summed E-state index contributed by atoms with van der Waals surface area (Å²) in [6.45, 7) is 18.4. The molecule has 0 amide bonds. The number of hydrogen-bond donors (Lipinski definition) is 4. The van der Waals surface area contributed by atoms with Gasteiger partial charge in [0.05, 0.1) is 5.56 Å². The molecule has 0 aromatic heterocycles. The first kappa shape index (κ1) is 33.1. The Morgan fingerprint density at radius 2 is 1.61 bits per heavy atom. The number of carbonyl (C=O) groups excluding carboxylic acids is 3. The maximum absolute atomic E-state index is 14.3. The fourth-order valence-electron chi connectivity index (χ4n) is 8.57. The molecule has 2 aromatic carbocycles. The molecule has 7 heteroatoms. The van der Waals surface area contributed by atoms with Crippen molar-refractivity contribution in [1.29, 1.82) is 0 Å². The Hall–Kier alpha value is -4.23. The van der Waals surface area contributed by atoms with Crippen LogP contribution < -0.4 is 0 Å². The van der Waals surface area contributed by atoms with Crippen LogP contribution >= 0.6 is 0 Å². The number of aliphatic hydroxyl groups excluding tert-OH is 2. The van der Waals surface area contributed by atoms with Gasteiger partial charge in [-0.1, -0.05) is 75.8 Å². The number of Topliss-reactive ketones (excluding diaryl/α,β-unsaturated/α-hetero) is 3. The van der Waals surface area contributed by atoms with E-state index in [1.807, 2.05) is 45.0 Å². The van der Waals surface area contributed by atoms with E-state index in [1.165, 1.54) is 6.07 Å². The van der Waals surface area contributed by atoms with Crippen molar-refractivity contribution in [3.63, 3.8) is 0 Å². The van der Waals surface area contributed by atoms with Gasteiger partial charge in [-0.05, 0) is 80.2 Å². The second-order valence-corrected chi connectivity index (χ2v) is 14.5. The summed E-state index contributed by atoms with van der Waals surface area (Å²) in [4.78, 5) is 40.8. The highest BCUT2D eigenvalue weighted by molar-refractivity contribution is 6.25. The number of carbonyl (C=O) groups is 3. The molecular weight excluding hydrogens is 580 g/mol. The maximum atomic E-state index is 14.3. The molecule has 46 heavy (non-hydrogen) atoms. The smallest absolute Gasteiger partial charge is 0.209 e. The highest BCUT2D eigenvalue weighted by Crippen LogP contribution is 2.65. The van der Waals surface area contributed by atoms with Crippen LogP contribution in [0.2, 0.25) is 0 Å². The predicted octanol–water partition coefficient (Wildman–Crippen LogP) is 7.47. The van der Waals surface area contributed by atoms with Crippen molar-refractivity contribution in [2.24, 2.45) is 22.7 Å². The number of benzene rings is 2. The molecular formula is C39H44O7. The summed E-state index contributed by atoms with van der Waals surface area (Å²) in [6.07, 6.45) is 2.75. The monoisotopic (exact) mass is 624 g/mol. The third kappa shape index (κ3) is 4.79. The molecule has 7 nitrogen and oxygen atoms in total. The van der Waals surface area contributed by atoms with Gasteiger partial charge in [0.2, 0.25) is 5.78 Å². The first-order valence-corrected chi connectivity index (χ1v) is 15.8. The van der Waals surface area contributed by atoms with E-state index < -0.39 is 56.8 Å². The Morgan fingerprint density at radius 3 is 2.17 bits per heavy atom. The van der Waals surface area contributed by atoms with E-state index in [4.69, 9.17) is 0 Å². The van der Waals surface area contributed by atoms with Crippen LogP contribution in [0.25, 0.3) is 11.1 Å². The van der Waals surface area contributed by atoms with Gasteiger partial charge in [-0.2, -0.15) is 0 Å². The zero-order valence-electron chi connectivity index (χ0n) is 27.6. The van der Waals surface area contributed by atoms with Crippen molar-refractivity contribution >= 4 is 17.3 Å². The average Bonchev–Trinajstić information content (AvgIpc) is 2.94. The highest BCUT2D eigenvalue weighted by Gasteiger charge is 2.71. The molecule has 0 saturated heterocycles. The van der Waals surface area contributed by atoms with E-state index in [1.54, 1.807) is 19.9 Å². The topological polar surface area (TPSA) is 132 Å². The van der Waals surface area contributed by atoms with Crippen molar-refractivity contribution in [2.75, 3.05) is 0 Å². The van der Waals surface area contributed by atoms with Crippen LogP contribution in [0.1, 0.15) is 82.3 Å². The van der Waals surface area contributed by atoms with Crippen LogP contribution in [0.15, 0.2) is 83.4 Å². The van der Waals surface area contributed by atoms with Crippen LogP contribution in [0.5, 0.6) is 5.75 Å². The molecule has 3 aliphatic rings. The first-order valence-electron chi connectivity index (χ1n) is 15.8. The second kappa shape index (κ2) is 11.2. The Kier molecular flexibility index (Phi) is 8.09. The minimum atomic E-state index is -2.63. The molecule has 0 spiro atoms. The Morgan fingerprint density at radius 1 is 0.978 bits per heavy atom.